The van der Waals surface area contributed by atoms with Gasteiger partial charge in [-0.1, -0.05) is 6.92 Å². The lowest BCUT2D eigenvalue weighted by Gasteiger charge is -3.31. The summed E-state index contributed by atoms with van der Waals surface area (Å²) in [6, 6.07) is 0. The van der Waals surface area contributed by atoms with Gasteiger partial charge in [-0.15, -0.1) is 0 Å². The van der Waals surface area contributed by atoms with Crippen molar-refractivity contribution in [1.82, 2.24) is 0 Å². The van der Waals surface area contributed by atoms with E-state index in [0.29, 0.717) is 0 Å². The summed E-state index contributed by atoms with van der Waals surface area (Å²) in [5.41, 5.74) is 8.30. The van der Waals surface area contributed by atoms with E-state index < -0.39 is 0 Å². The van der Waals surface area contributed by atoms with Gasteiger partial charge in [0.05, 0.1) is 0 Å². The molecule has 17 aliphatic carbocycles. The van der Waals surface area contributed by atoms with E-state index in [2.05, 4.69) is 6.92 Å². The van der Waals surface area contributed by atoms with Crippen molar-refractivity contribution in [3.05, 3.63) is 0 Å². The third kappa shape index (κ3) is 0.376. The maximum absolute atomic E-state index is 2.97. The zero-order chi connectivity index (χ0) is 17.6. The summed E-state index contributed by atoms with van der Waals surface area (Å²) in [4.78, 5) is 0. The molecular weight excluding hydrogens is 360 g/mol. The van der Waals surface area contributed by atoms with E-state index in [9.17, 15) is 0 Å². The fourth-order valence-electron chi connectivity index (χ4n) is 25.5. The van der Waals surface area contributed by atoms with Crippen molar-refractivity contribution < 1.29 is 0 Å². The first kappa shape index (κ1) is 11.9. The average Bonchev–Trinajstić information content (AvgIpc) is 2.79. The Morgan fingerprint density at radius 2 is 0.800 bits per heavy atom. The monoisotopic (exact) mass is 388 g/mol. The van der Waals surface area contributed by atoms with Gasteiger partial charge in [-0.3, -0.25) is 0 Å². The summed E-state index contributed by atoms with van der Waals surface area (Å²) < 4.78 is 0. The Morgan fingerprint density at radius 1 is 0.400 bits per heavy atom. The SMILES string of the molecule is CC12C3C4CC5CC(C6C7C8C9C%10C%11CC%12CC%13C%14C%15C%16C%17C3C61C7%17C8%16C9%15C%10%14C%12%11%13)C542. The van der Waals surface area contributed by atoms with Gasteiger partial charge in [0.25, 0.3) is 0 Å². The molecule has 0 aliphatic heterocycles. The van der Waals surface area contributed by atoms with Crippen LogP contribution in [0.2, 0.25) is 0 Å². The third-order valence-corrected chi connectivity index (χ3v) is 22.3. The molecule has 148 valence electrons. The van der Waals surface area contributed by atoms with Gasteiger partial charge in [-0.2, -0.15) is 0 Å². The van der Waals surface area contributed by atoms with Gasteiger partial charge in [0.2, 0.25) is 0 Å². The summed E-state index contributed by atoms with van der Waals surface area (Å²) in [6.45, 7) is 2.97. The molecule has 0 heterocycles. The van der Waals surface area contributed by atoms with E-state index in [-0.39, 0.29) is 0 Å². The van der Waals surface area contributed by atoms with Gasteiger partial charge in [0.15, 0.2) is 0 Å². The lowest BCUT2D eigenvalue weighted by Crippen LogP contribution is -3.29. The smallest absolute Gasteiger partial charge is 0.00932 e. The molecule has 17 saturated carbocycles. The second kappa shape index (κ2) is 2.14. The molecule has 17 aliphatic rings. The molecule has 0 N–H and O–H groups in total. The molecule has 0 heteroatoms. The molecular formula is C30H28. The van der Waals surface area contributed by atoms with E-state index in [0.717, 1.165) is 43.3 Å². The van der Waals surface area contributed by atoms with E-state index in [1.54, 1.807) is 25.7 Å². The summed E-state index contributed by atoms with van der Waals surface area (Å²) in [6.07, 6.45) is 6.93. The molecule has 0 aromatic rings. The lowest BCUT2D eigenvalue weighted by atomic mass is 8.72. The Hall–Kier alpha value is 0. The molecule has 17 fully saturated rings. The topological polar surface area (TPSA) is 0 Å². The van der Waals surface area contributed by atoms with Gasteiger partial charge in [-0.25, -0.2) is 0 Å². The molecule has 0 bridgehead atoms. The standard InChI is InChI=1S/C30H28/c1-23-12-8-2-6-3-9(24(6,8)23)13-17-21-18-14-10-4-7-5-11-15-19-22-20-16(12)26(13,23)28(17,20)30(21,22)29(18,19)27(14,15)25(7,10)11/h6-22H,2-5H2,1H3. The Bertz CT molecular complexity index is 1380. The normalized spacial score (nSPS) is 116. The summed E-state index contributed by atoms with van der Waals surface area (Å²) in [7, 11) is 0. The summed E-state index contributed by atoms with van der Waals surface area (Å²) in [5, 5.41) is 0. The molecule has 25 atom stereocenters. The quantitative estimate of drug-likeness (QED) is 0.584. The van der Waals surface area contributed by atoms with E-state index in [4.69, 9.17) is 0 Å². The molecule has 25 unspecified atom stereocenters. The molecule has 30 heavy (non-hydrogen) atoms. The molecule has 0 aromatic heterocycles. The van der Waals surface area contributed by atoms with Gasteiger partial charge < -0.3 is 0 Å². The molecule has 0 saturated heterocycles. The number of fused-ring (bicyclic) bond motifs is 13. The van der Waals surface area contributed by atoms with Crippen LogP contribution in [0.1, 0.15) is 32.6 Å². The van der Waals surface area contributed by atoms with Crippen molar-refractivity contribution in [2.75, 3.05) is 0 Å². The molecule has 0 amide bonds. The van der Waals surface area contributed by atoms with Crippen molar-refractivity contribution in [1.29, 1.82) is 0 Å². The van der Waals surface area contributed by atoms with Crippen LogP contribution in [0.5, 0.6) is 0 Å². The predicted molar refractivity (Wildman–Crippen MR) is 103 cm³/mol. The molecule has 0 nitrogen and oxygen atoms in total. The number of hydrogen-bond acceptors (Lipinski definition) is 0. The van der Waals surface area contributed by atoms with Crippen LogP contribution in [-0.4, -0.2) is 0 Å². The first-order valence-electron chi connectivity index (χ1n) is 14.8. The van der Waals surface area contributed by atoms with Crippen LogP contribution < -0.4 is 0 Å². The fraction of sp³-hybridized carbons (Fsp3) is 1.00. The molecule has 17 rings (SSSR count). The van der Waals surface area contributed by atoms with Crippen molar-refractivity contribution in [3.8, 4) is 0 Å². The highest BCUT2D eigenvalue weighted by atomic mass is 15.3. The van der Waals surface area contributed by atoms with Crippen LogP contribution in [0.25, 0.3) is 0 Å². The van der Waals surface area contributed by atoms with Crippen molar-refractivity contribution in [3.63, 3.8) is 0 Å². The van der Waals surface area contributed by atoms with E-state index in [1.165, 1.54) is 101 Å². The summed E-state index contributed by atoms with van der Waals surface area (Å²) in [5.74, 6) is 22.5. The van der Waals surface area contributed by atoms with Crippen molar-refractivity contribution in [2.45, 2.75) is 32.6 Å². The highest BCUT2D eigenvalue weighted by Crippen LogP contribution is 3.34. The predicted octanol–water partition coefficient (Wildman–Crippen LogP) is 4.16. The number of hydrogen-bond donors (Lipinski definition) is 0. The minimum absolute atomic E-state index is 0.929. The Balaban J connectivity index is 1.01. The zero-order valence-corrected chi connectivity index (χ0v) is 17.6. The maximum Gasteiger partial charge on any atom is -0.00932 e. The Kier molecular flexibility index (Phi) is 0.852. The highest BCUT2D eigenvalue weighted by molar-refractivity contribution is 5.77. The second-order valence-corrected chi connectivity index (χ2v) is 18.0. The van der Waals surface area contributed by atoms with Gasteiger partial charge in [-0.05, 0) is 170 Å². The molecule has 7 spiro atoms. The fourth-order valence-corrected chi connectivity index (χ4v) is 25.5. The molecule has 0 radical (unpaired) electrons. The second-order valence-electron chi connectivity index (χ2n) is 18.0. The van der Waals surface area contributed by atoms with E-state index in [1.807, 2.05) is 0 Å². The summed E-state index contributed by atoms with van der Waals surface area (Å²) >= 11 is 0. The van der Waals surface area contributed by atoms with Crippen LogP contribution in [0, 0.1) is 144 Å². The average molecular weight is 389 g/mol. The Morgan fingerprint density at radius 3 is 1.40 bits per heavy atom. The first-order valence-corrected chi connectivity index (χ1v) is 14.8. The van der Waals surface area contributed by atoms with Gasteiger partial charge in [0.1, 0.15) is 0 Å². The van der Waals surface area contributed by atoms with Gasteiger partial charge >= 0.3 is 0 Å². The van der Waals surface area contributed by atoms with Crippen LogP contribution in [0.4, 0.5) is 0 Å². The van der Waals surface area contributed by atoms with Crippen LogP contribution in [0.3, 0.4) is 0 Å². The van der Waals surface area contributed by atoms with Crippen LogP contribution in [-0.2, 0) is 0 Å². The van der Waals surface area contributed by atoms with Gasteiger partial charge in [0, 0.05) is 0 Å². The first-order chi connectivity index (χ1) is 14.8. The Labute approximate surface area is 176 Å². The van der Waals surface area contributed by atoms with E-state index >= 15 is 0 Å². The van der Waals surface area contributed by atoms with Crippen LogP contribution >= 0.6 is 0 Å². The number of rotatable bonds is 0. The third-order valence-electron chi connectivity index (χ3n) is 22.3. The van der Waals surface area contributed by atoms with Crippen molar-refractivity contribution in [2.24, 2.45) is 144 Å². The lowest BCUT2D eigenvalue weighted by molar-refractivity contribution is -0.855. The highest BCUT2D eigenvalue weighted by Gasteiger charge is 3.31. The maximum atomic E-state index is 2.97. The van der Waals surface area contributed by atoms with Crippen LogP contribution in [0.15, 0.2) is 0 Å². The minimum Gasteiger partial charge on any atom is -0.0582 e. The largest absolute Gasteiger partial charge is 0.0582 e. The molecule has 0 aromatic carbocycles. The zero-order valence-electron chi connectivity index (χ0n) is 17.6. The minimum atomic E-state index is 0.929. The van der Waals surface area contributed by atoms with Crippen molar-refractivity contribution >= 4 is 0 Å².